The second-order valence-electron chi connectivity index (χ2n) is 7.75. The molecule has 4 atom stereocenters. The average Bonchev–Trinajstić information content (AvgIpc) is 3.16. The highest BCUT2D eigenvalue weighted by atomic mass is 32.1. The summed E-state index contributed by atoms with van der Waals surface area (Å²) < 4.78 is 60.3. The van der Waals surface area contributed by atoms with Gasteiger partial charge in [0.2, 0.25) is 0 Å². The summed E-state index contributed by atoms with van der Waals surface area (Å²) in [5.74, 6) is -2.78. The number of fused-ring (bicyclic) bond motifs is 2. The number of nitrogens with zero attached hydrogens (tertiary/aromatic N) is 1. The topological polar surface area (TPSA) is 58.6 Å². The van der Waals surface area contributed by atoms with E-state index in [0.717, 1.165) is 6.07 Å². The number of carbonyl (C=O) groups is 1. The summed E-state index contributed by atoms with van der Waals surface area (Å²) >= 11 is 5.48. The molecule has 0 aromatic heterocycles. The molecule has 2 aromatic rings. The van der Waals surface area contributed by atoms with Crippen LogP contribution >= 0.6 is 12.2 Å². The minimum Gasteiger partial charge on any atom is -0.396 e. The third-order valence-electron chi connectivity index (χ3n) is 6.35. The van der Waals surface area contributed by atoms with Crippen molar-refractivity contribution < 1.29 is 32.2 Å². The van der Waals surface area contributed by atoms with Gasteiger partial charge in [-0.15, -0.1) is 0 Å². The van der Waals surface area contributed by atoms with Gasteiger partial charge in [-0.1, -0.05) is 24.3 Å². The van der Waals surface area contributed by atoms with E-state index in [1.165, 1.54) is 13.1 Å². The van der Waals surface area contributed by atoms with Crippen LogP contribution in [-0.4, -0.2) is 48.7 Å². The number of aliphatic hydroxyl groups excluding tert-OH is 1. The molecule has 2 aromatic carbocycles. The molecule has 2 aliphatic heterocycles. The Hall–Kier alpha value is -2.40. The van der Waals surface area contributed by atoms with E-state index in [9.17, 15) is 27.5 Å². The van der Waals surface area contributed by atoms with Crippen LogP contribution in [-0.2, 0) is 10.3 Å². The Morgan fingerprint density at radius 1 is 1.26 bits per heavy atom. The zero-order valence-corrected chi connectivity index (χ0v) is 17.1. The number of thiocarbonyl (C=S) groups is 1. The molecule has 2 aliphatic rings. The predicted molar refractivity (Wildman–Crippen MR) is 109 cm³/mol. The number of hydrogen-bond acceptors (Lipinski definition) is 4. The van der Waals surface area contributed by atoms with E-state index in [0.29, 0.717) is 11.3 Å². The first-order valence-electron chi connectivity index (χ1n) is 9.45. The van der Waals surface area contributed by atoms with Gasteiger partial charge in [-0.2, -0.15) is 13.2 Å². The van der Waals surface area contributed by atoms with Crippen LogP contribution in [0.5, 0.6) is 0 Å². The lowest BCUT2D eigenvalue weighted by molar-refractivity contribution is -0.219. The zero-order chi connectivity index (χ0) is 22.6. The maximum atomic E-state index is 14.8. The van der Waals surface area contributed by atoms with Gasteiger partial charge in [0.25, 0.3) is 11.0 Å². The molecule has 1 fully saturated rings. The number of carbonyl (C=O) groups excluding carboxylic acids is 1. The molecular weight excluding hydrogens is 436 g/mol. The van der Waals surface area contributed by atoms with Gasteiger partial charge in [-0.3, -0.25) is 10.1 Å². The fourth-order valence-electron chi connectivity index (χ4n) is 4.84. The number of alkyl halides is 3. The first-order chi connectivity index (χ1) is 14.6. The molecule has 164 valence electrons. The van der Waals surface area contributed by atoms with Gasteiger partial charge in [0, 0.05) is 23.8 Å². The number of ether oxygens (including phenoxy) is 1. The van der Waals surface area contributed by atoms with Crippen molar-refractivity contribution in [3.05, 3.63) is 65.5 Å². The monoisotopic (exact) mass is 455 g/mol. The summed E-state index contributed by atoms with van der Waals surface area (Å²) in [5.41, 5.74) is -1.01. The number of benzene rings is 2. The molecule has 0 radical (unpaired) electrons. The Balaban J connectivity index is 1.80. The van der Waals surface area contributed by atoms with Crippen molar-refractivity contribution in [3.8, 4) is 0 Å². The van der Waals surface area contributed by atoms with E-state index >= 15 is 0 Å². The van der Waals surface area contributed by atoms with Gasteiger partial charge in [0.1, 0.15) is 18.0 Å². The van der Waals surface area contributed by atoms with Crippen LogP contribution in [0.25, 0.3) is 0 Å². The van der Waals surface area contributed by atoms with E-state index in [2.05, 4.69) is 5.32 Å². The summed E-state index contributed by atoms with van der Waals surface area (Å²) in [6, 6.07) is 12.3. The van der Waals surface area contributed by atoms with E-state index in [4.69, 9.17) is 17.0 Å². The molecule has 2 N–H and O–H groups in total. The Morgan fingerprint density at radius 3 is 2.55 bits per heavy atom. The lowest BCUT2D eigenvalue weighted by Crippen LogP contribution is -2.77. The molecule has 5 nitrogen and oxygen atoms in total. The number of quaternary nitrogens is 1. The van der Waals surface area contributed by atoms with Gasteiger partial charge in [-0.05, 0) is 18.2 Å². The first kappa shape index (κ1) is 21.8. The summed E-state index contributed by atoms with van der Waals surface area (Å²) in [4.78, 5) is 12.7. The van der Waals surface area contributed by atoms with Gasteiger partial charge < -0.3 is 9.84 Å². The summed E-state index contributed by atoms with van der Waals surface area (Å²) in [5, 5.41) is 12.4. The van der Waals surface area contributed by atoms with Crippen LogP contribution < -0.4 is 9.80 Å². The minimum atomic E-state index is -4.77. The maximum Gasteiger partial charge on any atom is 0.415 e. The van der Waals surface area contributed by atoms with Gasteiger partial charge >= 0.3 is 6.18 Å². The summed E-state index contributed by atoms with van der Waals surface area (Å²) in [6.07, 6.45) is -7.06. The van der Waals surface area contributed by atoms with Crippen LogP contribution in [0.15, 0.2) is 48.5 Å². The van der Waals surface area contributed by atoms with Gasteiger partial charge in [0.15, 0.2) is 17.3 Å². The van der Waals surface area contributed by atoms with E-state index < -0.39 is 53.2 Å². The molecule has 1 amide bonds. The van der Waals surface area contributed by atoms with Crippen molar-refractivity contribution in [3.63, 3.8) is 0 Å². The lowest BCUT2D eigenvalue weighted by atomic mass is 9.67. The van der Waals surface area contributed by atoms with Crippen molar-refractivity contribution in [1.82, 2.24) is 9.80 Å². The van der Waals surface area contributed by atoms with Crippen LogP contribution in [0.1, 0.15) is 15.9 Å². The Bertz CT molecular complexity index is 1050. The summed E-state index contributed by atoms with van der Waals surface area (Å²) in [7, 11) is 1.50. The number of hydrogen-bond donors (Lipinski definition) is 2. The van der Waals surface area contributed by atoms with Crippen LogP contribution in [0.4, 0.5) is 23.2 Å². The second-order valence-corrected chi connectivity index (χ2v) is 8.14. The van der Waals surface area contributed by atoms with E-state index in [1.54, 1.807) is 36.4 Å². The number of halogens is 4. The average molecular weight is 455 g/mol. The molecular formula is C21H19F4N2O3S+. The standard InChI is InChI=1S/C21H18F4N2O3S/c1-27(19(31)26-18(29)12-6-3-2-4-7-12)15-9-5-8-14(22)16(15)20(27)11-30-17(13(20)10-28)21(23,24)25/h2-9,13,17,28H,10-11H2,1H3/p+1. The van der Waals surface area contributed by atoms with Gasteiger partial charge in [0.05, 0.1) is 19.6 Å². The SMILES string of the molecule is C[N+]1(C(=S)NC(=O)c2ccccc2)c2cccc(F)c2C12COC(C(F)(F)F)C2CO. The summed E-state index contributed by atoms with van der Waals surface area (Å²) in [6.45, 7) is -1.42. The fraction of sp³-hybridized carbons (Fsp3) is 0.333. The third-order valence-corrected chi connectivity index (χ3v) is 6.82. The number of likely N-dealkylation sites (N-methyl/N-ethyl adjacent to an activating group) is 1. The Kier molecular flexibility index (Phi) is 5.16. The fourth-order valence-corrected chi connectivity index (χ4v) is 5.19. The molecule has 1 saturated heterocycles. The lowest BCUT2D eigenvalue weighted by Gasteiger charge is -2.57. The van der Waals surface area contributed by atoms with Crippen molar-refractivity contribution in [2.45, 2.75) is 17.8 Å². The Morgan fingerprint density at radius 2 is 1.94 bits per heavy atom. The number of rotatable bonds is 2. The molecule has 0 aliphatic carbocycles. The third kappa shape index (κ3) is 2.93. The van der Waals surface area contributed by atoms with Crippen molar-refractivity contribution in [2.75, 3.05) is 20.3 Å². The van der Waals surface area contributed by atoms with Crippen molar-refractivity contribution in [2.24, 2.45) is 5.92 Å². The van der Waals surface area contributed by atoms with Gasteiger partial charge in [-0.25, -0.2) is 8.87 Å². The van der Waals surface area contributed by atoms with Crippen LogP contribution in [0, 0.1) is 11.7 Å². The number of amides is 1. The second kappa shape index (κ2) is 7.33. The molecule has 2 heterocycles. The smallest absolute Gasteiger partial charge is 0.396 e. The predicted octanol–water partition coefficient (Wildman–Crippen LogP) is 3.26. The number of aliphatic hydroxyl groups is 1. The Labute approximate surface area is 180 Å². The molecule has 31 heavy (non-hydrogen) atoms. The molecule has 4 rings (SSSR count). The maximum absolute atomic E-state index is 14.8. The first-order valence-corrected chi connectivity index (χ1v) is 9.86. The van der Waals surface area contributed by atoms with E-state index in [-0.39, 0.29) is 10.7 Å². The van der Waals surface area contributed by atoms with Crippen LogP contribution in [0.2, 0.25) is 0 Å². The zero-order valence-electron chi connectivity index (χ0n) is 16.3. The largest absolute Gasteiger partial charge is 0.415 e. The number of nitrogens with one attached hydrogen (secondary N) is 1. The van der Waals surface area contributed by atoms with Crippen LogP contribution in [0.3, 0.4) is 0 Å². The van der Waals surface area contributed by atoms with E-state index in [1.807, 2.05) is 0 Å². The molecule has 0 bridgehead atoms. The molecule has 1 spiro atoms. The highest BCUT2D eigenvalue weighted by Gasteiger charge is 2.77. The van der Waals surface area contributed by atoms with Crippen molar-refractivity contribution >= 4 is 28.9 Å². The highest BCUT2D eigenvalue weighted by molar-refractivity contribution is 7.80. The minimum absolute atomic E-state index is 0.0135. The normalized spacial score (nSPS) is 29.4. The molecule has 0 saturated carbocycles. The molecule has 10 heteroatoms. The highest BCUT2D eigenvalue weighted by Crippen LogP contribution is 2.62. The quantitative estimate of drug-likeness (QED) is 0.415. The van der Waals surface area contributed by atoms with Crippen molar-refractivity contribution in [1.29, 1.82) is 0 Å². The molecule has 4 unspecified atom stereocenters.